The van der Waals surface area contributed by atoms with Crippen LogP contribution in [0, 0.1) is 0 Å². The molecule has 0 aliphatic heterocycles. The fourth-order valence-electron chi connectivity index (χ4n) is 1.60. The zero-order chi connectivity index (χ0) is 13.0. The summed E-state index contributed by atoms with van der Waals surface area (Å²) >= 11 is 1.74. The number of benzene rings is 2. The number of hydrogen-bond donors (Lipinski definition) is 2. The summed E-state index contributed by atoms with van der Waals surface area (Å²) in [4.78, 5) is 1.17. The molecule has 2 rings (SSSR count). The Bertz CT molecular complexity index is 489. The van der Waals surface area contributed by atoms with E-state index < -0.39 is 6.10 Å². The molecule has 0 radical (unpaired) electrons. The van der Waals surface area contributed by atoms with E-state index in [9.17, 15) is 10.2 Å². The minimum atomic E-state index is -0.416. The third-order valence-electron chi connectivity index (χ3n) is 2.70. The zero-order valence-electron chi connectivity index (χ0n) is 10.2. The number of thioether (sulfide) groups is 1. The molecule has 1 unspecified atom stereocenters. The maximum Gasteiger partial charge on any atom is 0.115 e. The van der Waals surface area contributed by atoms with Crippen molar-refractivity contribution in [1.29, 1.82) is 0 Å². The summed E-state index contributed by atoms with van der Waals surface area (Å²) in [6.45, 7) is 1.76. The number of hydrogen-bond acceptors (Lipinski definition) is 3. The lowest BCUT2D eigenvalue weighted by atomic mass is 10.1. The van der Waals surface area contributed by atoms with Crippen molar-refractivity contribution in [3.05, 3.63) is 59.7 Å². The molecule has 0 aromatic heterocycles. The maximum atomic E-state index is 9.42. The van der Waals surface area contributed by atoms with Crippen LogP contribution < -0.4 is 0 Å². The number of phenolic OH excluding ortho intramolecular Hbond substituents is 1. The quantitative estimate of drug-likeness (QED) is 0.823. The van der Waals surface area contributed by atoms with Gasteiger partial charge in [0.05, 0.1) is 6.10 Å². The molecule has 2 aromatic carbocycles. The van der Waals surface area contributed by atoms with Crippen molar-refractivity contribution in [3.63, 3.8) is 0 Å². The molecule has 0 heterocycles. The van der Waals surface area contributed by atoms with Crippen molar-refractivity contribution >= 4 is 11.8 Å². The minimum Gasteiger partial charge on any atom is -0.508 e. The van der Waals surface area contributed by atoms with E-state index in [1.54, 1.807) is 30.8 Å². The van der Waals surface area contributed by atoms with Crippen LogP contribution in [-0.4, -0.2) is 10.2 Å². The number of aliphatic hydroxyl groups is 1. The van der Waals surface area contributed by atoms with E-state index in [-0.39, 0.29) is 0 Å². The second-order valence-corrected chi connectivity index (χ2v) is 5.25. The third kappa shape index (κ3) is 3.52. The normalized spacial score (nSPS) is 12.3. The second kappa shape index (κ2) is 5.94. The van der Waals surface area contributed by atoms with E-state index >= 15 is 0 Å². The van der Waals surface area contributed by atoms with Gasteiger partial charge in [-0.15, -0.1) is 11.8 Å². The van der Waals surface area contributed by atoms with E-state index in [1.807, 2.05) is 36.4 Å². The Hall–Kier alpha value is -1.45. The molecule has 0 bridgehead atoms. The Balaban J connectivity index is 1.95. The second-order valence-electron chi connectivity index (χ2n) is 4.20. The molecule has 1 atom stereocenters. The van der Waals surface area contributed by atoms with Gasteiger partial charge in [-0.05, 0) is 42.3 Å². The highest BCUT2D eigenvalue weighted by atomic mass is 32.2. The lowest BCUT2D eigenvalue weighted by Gasteiger charge is -2.06. The smallest absolute Gasteiger partial charge is 0.115 e. The summed E-state index contributed by atoms with van der Waals surface area (Å²) in [6, 6.07) is 15.2. The van der Waals surface area contributed by atoms with Crippen LogP contribution >= 0.6 is 11.8 Å². The van der Waals surface area contributed by atoms with Crippen molar-refractivity contribution in [2.75, 3.05) is 0 Å². The summed E-state index contributed by atoms with van der Waals surface area (Å²) in [6.07, 6.45) is -0.416. The van der Waals surface area contributed by atoms with Crippen molar-refractivity contribution < 1.29 is 10.2 Å². The molecule has 3 heteroatoms. The predicted molar refractivity (Wildman–Crippen MR) is 74.7 cm³/mol. The van der Waals surface area contributed by atoms with Gasteiger partial charge < -0.3 is 10.2 Å². The van der Waals surface area contributed by atoms with Crippen molar-refractivity contribution in [2.24, 2.45) is 0 Å². The van der Waals surface area contributed by atoms with Crippen LogP contribution in [0.5, 0.6) is 5.75 Å². The number of aliphatic hydroxyl groups excluding tert-OH is 1. The molecule has 2 aromatic rings. The molecule has 18 heavy (non-hydrogen) atoms. The summed E-state index contributed by atoms with van der Waals surface area (Å²) in [5.41, 5.74) is 2.11. The van der Waals surface area contributed by atoms with Gasteiger partial charge in [0.2, 0.25) is 0 Å². The summed E-state index contributed by atoms with van der Waals surface area (Å²) in [7, 11) is 0. The Morgan fingerprint density at radius 2 is 1.61 bits per heavy atom. The molecule has 0 aliphatic carbocycles. The van der Waals surface area contributed by atoms with Crippen molar-refractivity contribution in [1.82, 2.24) is 0 Å². The van der Waals surface area contributed by atoms with Gasteiger partial charge in [0.25, 0.3) is 0 Å². The van der Waals surface area contributed by atoms with Crippen LogP contribution in [0.4, 0.5) is 0 Å². The molecule has 2 nitrogen and oxygen atoms in total. The van der Waals surface area contributed by atoms with E-state index in [4.69, 9.17) is 0 Å². The highest BCUT2D eigenvalue weighted by molar-refractivity contribution is 7.98. The van der Waals surface area contributed by atoms with E-state index in [1.165, 1.54) is 10.5 Å². The maximum absolute atomic E-state index is 9.42. The van der Waals surface area contributed by atoms with Gasteiger partial charge in [-0.3, -0.25) is 0 Å². The van der Waals surface area contributed by atoms with E-state index in [0.29, 0.717) is 5.75 Å². The Labute approximate surface area is 111 Å². The molecular formula is C15H16O2S. The largest absolute Gasteiger partial charge is 0.508 e. The molecule has 94 valence electrons. The standard InChI is InChI=1S/C15H16O2S/c1-11(16)13-4-8-15(9-5-13)18-10-12-2-6-14(17)7-3-12/h2-9,11,16-17H,10H2,1H3. The first-order valence-corrected chi connectivity index (χ1v) is 6.82. The van der Waals surface area contributed by atoms with E-state index in [2.05, 4.69) is 0 Å². The first-order valence-electron chi connectivity index (χ1n) is 5.84. The average molecular weight is 260 g/mol. The van der Waals surface area contributed by atoms with Crippen molar-refractivity contribution in [3.8, 4) is 5.75 Å². The lowest BCUT2D eigenvalue weighted by Crippen LogP contribution is -1.89. The van der Waals surface area contributed by atoms with Gasteiger partial charge in [0.1, 0.15) is 5.75 Å². The zero-order valence-corrected chi connectivity index (χ0v) is 11.0. The number of aromatic hydroxyl groups is 1. The van der Waals surface area contributed by atoms with Gasteiger partial charge >= 0.3 is 0 Å². The summed E-state index contributed by atoms with van der Waals surface area (Å²) < 4.78 is 0. The van der Waals surface area contributed by atoms with Crippen LogP contribution in [0.15, 0.2) is 53.4 Å². The van der Waals surface area contributed by atoms with Crippen LogP contribution in [0.25, 0.3) is 0 Å². The Morgan fingerprint density at radius 3 is 2.17 bits per heavy atom. The Morgan fingerprint density at radius 1 is 1.00 bits per heavy atom. The van der Waals surface area contributed by atoms with Crippen LogP contribution in [0.3, 0.4) is 0 Å². The average Bonchev–Trinajstić information content (AvgIpc) is 2.38. The molecule has 0 saturated carbocycles. The summed E-state index contributed by atoms with van der Waals surface area (Å²) in [5, 5.41) is 18.6. The molecule has 2 N–H and O–H groups in total. The van der Waals surface area contributed by atoms with Gasteiger partial charge in [-0.25, -0.2) is 0 Å². The van der Waals surface area contributed by atoms with Gasteiger partial charge in [-0.2, -0.15) is 0 Å². The SMILES string of the molecule is CC(O)c1ccc(SCc2ccc(O)cc2)cc1. The molecule has 0 aliphatic rings. The molecule has 0 fully saturated rings. The van der Waals surface area contributed by atoms with E-state index in [0.717, 1.165) is 11.3 Å². The van der Waals surface area contributed by atoms with Gasteiger partial charge in [0, 0.05) is 10.6 Å². The number of phenols is 1. The molecule has 0 amide bonds. The van der Waals surface area contributed by atoms with Crippen molar-refractivity contribution in [2.45, 2.75) is 23.7 Å². The van der Waals surface area contributed by atoms with Crippen LogP contribution in [0.1, 0.15) is 24.2 Å². The fraction of sp³-hybridized carbons (Fsp3) is 0.200. The van der Waals surface area contributed by atoms with Crippen LogP contribution in [-0.2, 0) is 5.75 Å². The minimum absolute atomic E-state index is 0.296. The predicted octanol–water partition coefficient (Wildman–Crippen LogP) is 3.74. The molecule has 0 spiro atoms. The molecule has 0 saturated heterocycles. The lowest BCUT2D eigenvalue weighted by molar-refractivity contribution is 0.199. The number of rotatable bonds is 4. The first-order chi connectivity index (χ1) is 8.65. The van der Waals surface area contributed by atoms with Gasteiger partial charge in [0.15, 0.2) is 0 Å². The fourth-order valence-corrected chi connectivity index (χ4v) is 2.46. The highest BCUT2D eigenvalue weighted by Crippen LogP contribution is 2.25. The monoisotopic (exact) mass is 260 g/mol. The topological polar surface area (TPSA) is 40.5 Å². The Kier molecular flexibility index (Phi) is 4.28. The highest BCUT2D eigenvalue weighted by Gasteiger charge is 2.01. The molecular weight excluding hydrogens is 244 g/mol. The van der Waals surface area contributed by atoms with Gasteiger partial charge in [-0.1, -0.05) is 24.3 Å². The summed E-state index contributed by atoms with van der Waals surface area (Å²) in [5.74, 6) is 1.17. The third-order valence-corrected chi connectivity index (χ3v) is 3.79. The first kappa shape index (κ1) is 13.0. The van der Waals surface area contributed by atoms with Crippen LogP contribution in [0.2, 0.25) is 0 Å².